The summed E-state index contributed by atoms with van der Waals surface area (Å²) in [6.07, 6.45) is 0.915. The molecule has 1 amide bonds. The number of anilines is 1. The first kappa shape index (κ1) is 23.6. The largest absolute Gasteiger partial charge is 0.325 e. The Bertz CT molecular complexity index is 1270. The van der Waals surface area contributed by atoms with Crippen LogP contribution in [-0.4, -0.2) is 50.7 Å². The number of carbonyl (C=O) groups excluding carboxylic acids is 1. The van der Waals surface area contributed by atoms with E-state index in [0.29, 0.717) is 5.69 Å². The summed E-state index contributed by atoms with van der Waals surface area (Å²) in [5.41, 5.74) is 4.63. The van der Waals surface area contributed by atoms with Crippen LogP contribution in [0.25, 0.3) is 0 Å². The highest BCUT2D eigenvalue weighted by Gasteiger charge is 2.31. The summed E-state index contributed by atoms with van der Waals surface area (Å²) < 4.78 is 26.5. The number of hydrogen-bond donors (Lipinski definition) is 1. The summed E-state index contributed by atoms with van der Waals surface area (Å²) in [7, 11) is -0.598. The van der Waals surface area contributed by atoms with Gasteiger partial charge in [0.25, 0.3) is 0 Å². The molecule has 0 radical (unpaired) electrons. The van der Waals surface area contributed by atoms with Crippen molar-refractivity contribution in [3.05, 3.63) is 81.0 Å². The van der Waals surface area contributed by atoms with Gasteiger partial charge in [-0.1, -0.05) is 30.3 Å². The van der Waals surface area contributed by atoms with E-state index < -0.39 is 10.0 Å². The summed E-state index contributed by atoms with van der Waals surface area (Å²) in [6.45, 7) is 4.75. The molecule has 33 heavy (non-hydrogen) atoms. The predicted molar refractivity (Wildman–Crippen MR) is 133 cm³/mol. The van der Waals surface area contributed by atoms with Crippen molar-refractivity contribution in [3.8, 4) is 0 Å². The molecule has 0 spiro atoms. The van der Waals surface area contributed by atoms with E-state index in [1.807, 2.05) is 32.0 Å². The predicted octanol–water partition coefficient (Wildman–Crippen LogP) is 4.20. The van der Waals surface area contributed by atoms with Crippen LogP contribution in [0.1, 0.15) is 33.2 Å². The standard InChI is InChI=1S/C25H29N3O3S2/c1-17-14-20(33(30,31)27(3)4)15-22(18(17)2)26-24(29)16-28-12-10-23-21(11-13-32-23)25(28)19-8-6-5-7-9-19/h5-9,11,13-15,25H,10,12,16H2,1-4H3,(H,26,29)/t25-/m0/s1. The van der Waals surface area contributed by atoms with Crippen LogP contribution in [0.5, 0.6) is 0 Å². The van der Waals surface area contributed by atoms with Crippen LogP contribution in [0.3, 0.4) is 0 Å². The lowest BCUT2D eigenvalue weighted by Gasteiger charge is -2.35. The van der Waals surface area contributed by atoms with Gasteiger partial charge in [-0.3, -0.25) is 9.69 Å². The summed E-state index contributed by atoms with van der Waals surface area (Å²) in [5.74, 6) is -0.156. The summed E-state index contributed by atoms with van der Waals surface area (Å²) >= 11 is 1.77. The molecule has 1 aromatic heterocycles. The Kier molecular flexibility index (Phi) is 6.72. The van der Waals surface area contributed by atoms with Crippen LogP contribution >= 0.6 is 11.3 Å². The molecular weight excluding hydrogens is 454 g/mol. The van der Waals surface area contributed by atoms with Gasteiger partial charge in [0, 0.05) is 31.2 Å². The molecule has 3 aromatic rings. The van der Waals surface area contributed by atoms with Crippen LogP contribution in [0, 0.1) is 13.8 Å². The zero-order chi connectivity index (χ0) is 23.8. The molecule has 0 aliphatic carbocycles. The van der Waals surface area contributed by atoms with Gasteiger partial charge < -0.3 is 5.32 Å². The van der Waals surface area contributed by atoms with E-state index in [-0.39, 0.29) is 23.4 Å². The van der Waals surface area contributed by atoms with Crippen LogP contribution < -0.4 is 5.32 Å². The number of thiophene rings is 1. The van der Waals surface area contributed by atoms with Gasteiger partial charge in [-0.15, -0.1) is 11.3 Å². The van der Waals surface area contributed by atoms with Crippen molar-refractivity contribution in [2.45, 2.75) is 31.2 Å². The molecule has 0 saturated carbocycles. The molecule has 2 heterocycles. The van der Waals surface area contributed by atoms with Gasteiger partial charge in [-0.25, -0.2) is 12.7 Å². The first-order valence-corrected chi connectivity index (χ1v) is 13.2. The Morgan fingerprint density at radius 1 is 1.15 bits per heavy atom. The van der Waals surface area contributed by atoms with Crippen molar-refractivity contribution >= 4 is 33.0 Å². The molecule has 4 rings (SSSR count). The Hall–Kier alpha value is -2.52. The first-order chi connectivity index (χ1) is 15.7. The second-order valence-corrected chi connectivity index (χ2v) is 11.7. The smallest absolute Gasteiger partial charge is 0.242 e. The van der Waals surface area contributed by atoms with E-state index in [1.165, 1.54) is 28.8 Å². The van der Waals surface area contributed by atoms with Crippen LogP contribution in [-0.2, 0) is 21.2 Å². The third kappa shape index (κ3) is 4.75. The lowest BCUT2D eigenvalue weighted by molar-refractivity contribution is -0.117. The second-order valence-electron chi connectivity index (χ2n) is 8.58. The molecule has 1 aliphatic rings. The molecule has 1 atom stereocenters. The second kappa shape index (κ2) is 9.38. The maximum Gasteiger partial charge on any atom is 0.242 e. The van der Waals surface area contributed by atoms with E-state index >= 15 is 0 Å². The average molecular weight is 484 g/mol. The molecule has 1 N–H and O–H groups in total. The topological polar surface area (TPSA) is 69.7 Å². The molecule has 6 nitrogen and oxygen atoms in total. The van der Waals surface area contributed by atoms with Gasteiger partial charge in [0.1, 0.15) is 0 Å². The van der Waals surface area contributed by atoms with E-state index in [1.54, 1.807) is 23.5 Å². The van der Waals surface area contributed by atoms with E-state index in [4.69, 9.17) is 0 Å². The molecule has 1 aliphatic heterocycles. The molecule has 8 heteroatoms. The molecular formula is C25H29N3O3S2. The van der Waals surface area contributed by atoms with Gasteiger partial charge in [-0.2, -0.15) is 0 Å². The highest BCUT2D eigenvalue weighted by Crippen LogP contribution is 2.37. The number of benzene rings is 2. The number of hydrogen-bond acceptors (Lipinski definition) is 5. The van der Waals surface area contributed by atoms with E-state index in [9.17, 15) is 13.2 Å². The van der Waals surface area contributed by atoms with Crippen LogP contribution in [0.2, 0.25) is 0 Å². The molecule has 2 aromatic carbocycles. The molecule has 0 unspecified atom stereocenters. The molecule has 0 saturated heterocycles. The number of amides is 1. The fourth-order valence-corrected chi connectivity index (χ4v) is 6.17. The molecule has 0 fully saturated rings. The van der Waals surface area contributed by atoms with Crippen molar-refractivity contribution in [2.75, 3.05) is 32.5 Å². The summed E-state index contributed by atoms with van der Waals surface area (Å²) in [6, 6.07) is 15.6. The van der Waals surface area contributed by atoms with Gasteiger partial charge >= 0.3 is 0 Å². The summed E-state index contributed by atoms with van der Waals surface area (Å²) in [4.78, 5) is 16.9. The Morgan fingerprint density at radius 3 is 2.58 bits per heavy atom. The minimum atomic E-state index is -3.60. The minimum Gasteiger partial charge on any atom is -0.325 e. The summed E-state index contributed by atoms with van der Waals surface area (Å²) in [5, 5.41) is 5.10. The number of aryl methyl sites for hydroxylation is 1. The Balaban J connectivity index is 1.60. The van der Waals surface area contributed by atoms with Crippen LogP contribution in [0.15, 0.2) is 58.8 Å². The zero-order valence-corrected chi connectivity index (χ0v) is 21.0. The van der Waals surface area contributed by atoms with Crippen molar-refractivity contribution in [2.24, 2.45) is 0 Å². The maximum atomic E-state index is 13.2. The molecule has 174 valence electrons. The first-order valence-electron chi connectivity index (χ1n) is 10.9. The molecule has 0 bridgehead atoms. The van der Waals surface area contributed by atoms with Gasteiger partial charge in [0.05, 0.1) is 17.5 Å². The Morgan fingerprint density at radius 2 is 1.88 bits per heavy atom. The van der Waals surface area contributed by atoms with Crippen molar-refractivity contribution in [1.29, 1.82) is 0 Å². The third-order valence-electron chi connectivity index (χ3n) is 6.22. The fraction of sp³-hybridized carbons (Fsp3) is 0.320. The fourth-order valence-electron chi connectivity index (χ4n) is 4.25. The SMILES string of the molecule is Cc1cc(S(=O)(=O)N(C)C)cc(NC(=O)CN2CCc3sccc3[C@@H]2c2ccccc2)c1C. The van der Waals surface area contributed by atoms with Crippen molar-refractivity contribution < 1.29 is 13.2 Å². The number of carbonyl (C=O) groups is 1. The maximum absolute atomic E-state index is 13.2. The number of sulfonamides is 1. The lowest BCUT2D eigenvalue weighted by Crippen LogP contribution is -2.40. The normalized spacial score (nSPS) is 16.6. The highest BCUT2D eigenvalue weighted by molar-refractivity contribution is 7.89. The van der Waals surface area contributed by atoms with E-state index in [0.717, 1.165) is 29.7 Å². The number of nitrogens with zero attached hydrogens (tertiary/aromatic N) is 2. The van der Waals surface area contributed by atoms with Crippen molar-refractivity contribution in [1.82, 2.24) is 9.21 Å². The number of nitrogens with one attached hydrogen (secondary N) is 1. The van der Waals surface area contributed by atoms with Gasteiger partial charge in [0.2, 0.25) is 15.9 Å². The average Bonchev–Trinajstić information content (AvgIpc) is 3.25. The number of rotatable bonds is 6. The monoisotopic (exact) mass is 483 g/mol. The zero-order valence-electron chi connectivity index (χ0n) is 19.3. The quantitative estimate of drug-likeness (QED) is 0.571. The minimum absolute atomic E-state index is 0.0234. The van der Waals surface area contributed by atoms with Crippen LogP contribution in [0.4, 0.5) is 5.69 Å². The Labute approximate surface area is 199 Å². The van der Waals surface area contributed by atoms with Crippen molar-refractivity contribution in [3.63, 3.8) is 0 Å². The van der Waals surface area contributed by atoms with Gasteiger partial charge in [-0.05, 0) is 66.1 Å². The number of fused-ring (bicyclic) bond motifs is 1. The highest BCUT2D eigenvalue weighted by atomic mass is 32.2. The van der Waals surface area contributed by atoms with E-state index in [2.05, 4.69) is 33.8 Å². The van der Waals surface area contributed by atoms with Gasteiger partial charge in [0.15, 0.2) is 0 Å². The lowest BCUT2D eigenvalue weighted by atomic mass is 9.93. The third-order valence-corrected chi connectivity index (χ3v) is 9.01.